The van der Waals surface area contributed by atoms with Crippen LogP contribution in [0.5, 0.6) is 0 Å². The molecule has 3 nitrogen and oxygen atoms in total. The number of aryl methyl sites for hydroxylation is 1. The third-order valence-electron chi connectivity index (χ3n) is 3.77. The predicted octanol–water partition coefficient (Wildman–Crippen LogP) is 3.18. The van der Waals surface area contributed by atoms with Crippen LogP contribution in [0, 0.1) is 6.92 Å². The number of nitrogens with two attached hydrogens (primary N) is 1. The first kappa shape index (κ1) is 18.8. The second-order valence-corrected chi connectivity index (χ2v) is 7.34. The molecule has 2 aromatic rings. The molecule has 0 spiro atoms. The predicted molar refractivity (Wildman–Crippen MR) is 102 cm³/mol. The molecule has 0 radical (unpaired) electrons. The van der Waals surface area contributed by atoms with Crippen molar-refractivity contribution in [2.24, 2.45) is 0 Å². The lowest BCUT2D eigenvalue weighted by Crippen LogP contribution is -2.87. The number of carbonyl (C=O) groups excluding carboxylic acids is 1. The number of nitrogens with one attached hydrogen (secondary N) is 1. The number of carbonyl (C=O) groups is 1. The molecule has 0 heterocycles. The first-order valence-electron chi connectivity index (χ1n) is 8.10. The van der Waals surface area contributed by atoms with Crippen LogP contribution in [-0.4, -0.2) is 24.7 Å². The molecule has 24 heavy (non-hydrogen) atoms. The topological polar surface area (TPSA) is 45.7 Å². The molecule has 0 aliphatic rings. The molecule has 3 N–H and O–H groups in total. The van der Waals surface area contributed by atoms with Gasteiger partial charge >= 0.3 is 0 Å². The molecule has 2 rings (SSSR count). The Labute approximate surface area is 153 Å². The molecule has 0 fully saturated rings. The van der Waals surface area contributed by atoms with Gasteiger partial charge in [-0.3, -0.25) is 4.79 Å². The Balaban J connectivity index is 1.64. The van der Waals surface area contributed by atoms with Crippen LogP contribution in [-0.2, 0) is 4.79 Å². The number of thioether (sulfide) groups is 1. The van der Waals surface area contributed by atoms with Crippen molar-refractivity contribution in [3.8, 4) is 0 Å². The summed E-state index contributed by atoms with van der Waals surface area (Å²) >= 11 is 7.93. The average molecular weight is 364 g/mol. The Hall–Kier alpha value is -1.49. The first-order chi connectivity index (χ1) is 11.6. The van der Waals surface area contributed by atoms with Crippen LogP contribution < -0.4 is 10.6 Å². The van der Waals surface area contributed by atoms with Gasteiger partial charge < -0.3 is 10.6 Å². The van der Waals surface area contributed by atoms with Crippen molar-refractivity contribution in [2.75, 3.05) is 18.8 Å². The van der Waals surface area contributed by atoms with E-state index < -0.39 is 0 Å². The Kier molecular flexibility index (Phi) is 7.63. The van der Waals surface area contributed by atoms with E-state index in [0.717, 1.165) is 16.3 Å². The first-order valence-corrected chi connectivity index (χ1v) is 9.46. The number of rotatable bonds is 8. The van der Waals surface area contributed by atoms with Gasteiger partial charge in [-0.2, -0.15) is 0 Å². The minimum Gasteiger partial charge on any atom is -0.350 e. The molecule has 1 amide bonds. The maximum atomic E-state index is 11.9. The number of benzene rings is 2. The highest BCUT2D eigenvalue weighted by Crippen LogP contribution is 2.19. The van der Waals surface area contributed by atoms with E-state index in [1.54, 1.807) is 11.8 Å². The number of amides is 1. The van der Waals surface area contributed by atoms with Gasteiger partial charge in [0, 0.05) is 27.8 Å². The second kappa shape index (κ2) is 9.72. The lowest BCUT2D eigenvalue weighted by Gasteiger charge is -2.12. The van der Waals surface area contributed by atoms with Gasteiger partial charge in [-0.25, -0.2) is 0 Å². The van der Waals surface area contributed by atoms with Crippen molar-refractivity contribution in [1.29, 1.82) is 0 Å². The van der Waals surface area contributed by atoms with Crippen LogP contribution in [0.4, 0.5) is 0 Å². The number of hydrogen-bond donors (Lipinski definition) is 2. The van der Waals surface area contributed by atoms with Crippen LogP contribution in [0.15, 0.2) is 53.4 Å². The summed E-state index contributed by atoms with van der Waals surface area (Å²) in [6.45, 7) is 5.21. The summed E-state index contributed by atoms with van der Waals surface area (Å²) < 4.78 is 0. The van der Waals surface area contributed by atoms with Gasteiger partial charge in [0.25, 0.3) is 5.91 Å². The summed E-state index contributed by atoms with van der Waals surface area (Å²) in [5, 5.41) is 5.71. The Bertz CT molecular complexity index is 661. The molecule has 1 atom stereocenters. The van der Waals surface area contributed by atoms with Gasteiger partial charge in [-0.05, 0) is 32.0 Å². The van der Waals surface area contributed by atoms with Gasteiger partial charge in [-0.1, -0.05) is 47.5 Å². The van der Waals surface area contributed by atoms with Crippen LogP contribution >= 0.6 is 23.4 Å². The van der Waals surface area contributed by atoms with E-state index in [2.05, 4.69) is 43.4 Å². The summed E-state index contributed by atoms with van der Waals surface area (Å²) in [4.78, 5) is 13.2. The zero-order valence-corrected chi connectivity index (χ0v) is 15.7. The van der Waals surface area contributed by atoms with E-state index in [0.29, 0.717) is 13.1 Å². The van der Waals surface area contributed by atoms with Crippen LogP contribution in [0.25, 0.3) is 0 Å². The minimum atomic E-state index is 0.0541. The van der Waals surface area contributed by atoms with E-state index in [4.69, 9.17) is 11.6 Å². The quantitative estimate of drug-likeness (QED) is 0.559. The summed E-state index contributed by atoms with van der Waals surface area (Å²) in [6.07, 6.45) is 0. The van der Waals surface area contributed by atoms with Crippen molar-refractivity contribution in [3.63, 3.8) is 0 Å². The Morgan fingerprint density at radius 3 is 2.62 bits per heavy atom. The molecule has 2 aromatic carbocycles. The third kappa shape index (κ3) is 6.19. The summed E-state index contributed by atoms with van der Waals surface area (Å²) in [7, 11) is 0. The van der Waals surface area contributed by atoms with Crippen molar-refractivity contribution < 1.29 is 10.1 Å². The molecule has 128 valence electrons. The molecule has 5 heteroatoms. The molecule has 0 saturated carbocycles. The normalized spacial score (nSPS) is 12.0. The highest BCUT2D eigenvalue weighted by molar-refractivity contribution is 7.99. The molecule has 0 aromatic heterocycles. The third-order valence-corrected chi connectivity index (χ3v) is 5.12. The van der Waals surface area contributed by atoms with Crippen LogP contribution in [0.2, 0.25) is 5.02 Å². The average Bonchev–Trinajstić information content (AvgIpc) is 2.58. The zero-order valence-electron chi connectivity index (χ0n) is 14.1. The monoisotopic (exact) mass is 363 g/mol. The van der Waals surface area contributed by atoms with E-state index in [9.17, 15) is 4.79 Å². The molecule has 0 saturated heterocycles. The van der Waals surface area contributed by atoms with Gasteiger partial charge in [0.15, 0.2) is 6.54 Å². The van der Waals surface area contributed by atoms with Crippen molar-refractivity contribution in [2.45, 2.75) is 24.8 Å². The van der Waals surface area contributed by atoms with Gasteiger partial charge in [0.1, 0.15) is 6.04 Å². The van der Waals surface area contributed by atoms with E-state index >= 15 is 0 Å². The smallest absolute Gasteiger partial charge is 0.275 e. The fourth-order valence-electron chi connectivity index (χ4n) is 2.32. The highest BCUT2D eigenvalue weighted by Gasteiger charge is 2.13. The standard InChI is InChI=1S/C19H23ClN2OS/c1-14-7-9-16(10-8-14)24-12-11-21-19(23)13-22-15(2)17-5-3-4-6-18(17)20/h3-10,15,22H,11-13H2,1-2H3,(H,21,23)/p+1/t15-/m1/s1. The molecule has 0 bridgehead atoms. The maximum absolute atomic E-state index is 11.9. The van der Waals surface area contributed by atoms with Gasteiger partial charge in [0.05, 0.1) is 0 Å². The fraction of sp³-hybridized carbons (Fsp3) is 0.316. The maximum Gasteiger partial charge on any atom is 0.275 e. The van der Waals surface area contributed by atoms with E-state index in [-0.39, 0.29) is 11.9 Å². The molecule has 0 aliphatic carbocycles. The lowest BCUT2D eigenvalue weighted by molar-refractivity contribution is -0.682. The Morgan fingerprint density at radius 2 is 1.92 bits per heavy atom. The number of halogens is 1. The van der Waals surface area contributed by atoms with E-state index in [1.807, 2.05) is 29.6 Å². The highest BCUT2D eigenvalue weighted by atomic mass is 35.5. The number of hydrogen-bond acceptors (Lipinski definition) is 2. The SMILES string of the molecule is Cc1ccc(SCCNC(=O)C[NH2+][C@H](C)c2ccccc2Cl)cc1. The summed E-state index contributed by atoms with van der Waals surface area (Å²) in [6, 6.07) is 16.3. The van der Waals surface area contributed by atoms with Crippen molar-refractivity contribution in [1.82, 2.24) is 5.32 Å². The summed E-state index contributed by atoms with van der Waals surface area (Å²) in [5.41, 5.74) is 2.32. The lowest BCUT2D eigenvalue weighted by atomic mass is 10.1. The van der Waals surface area contributed by atoms with Crippen molar-refractivity contribution in [3.05, 3.63) is 64.7 Å². The van der Waals surface area contributed by atoms with Crippen LogP contribution in [0.1, 0.15) is 24.1 Å². The molecular weight excluding hydrogens is 340 g/mol. The zero-order chi connectivity index (χ0) is 17.4. The molecule has 0 unspecified atom stereocenters. The molecule has 0 aliphatic heterocycles. The summed E-state index contributed by atoms with van der Waals surface area (Å²) in [5.74, 6) is 0.924. The van der Waals surface area contributed by atoms with Gasteiger partial charge in [0.2, 0.25) is 0 Å². The second-order valence-electron chi connectivity index (χ2n) is 5.76. The van der Waals surface area contributed by atoms with Gasteiger partial charge in [-0.15, -0.1) is 11.8 Å². The van der Waals surface area contributed by atoms with Crippen molar-refractivity contribution >= 4 is 29.3 Å². The van der Waals surface area contributed by atoms with E-state index in [1.165, 1.54) is 10.5 Å². The minimum absolute atomic E-state index is 0.0541. The largest absolute Gasteiger partial charge is 0.350 e. The Morgan fingerprint density at radius 1 is 1.21 bits per heavy atom. The van der Waals surface area contributed by atoms with Crippen LogP contribution in [0.3, 0.4) is 0 Å². The number of quaternary nitrogens is 1. The molecular formula is C19H24ClN2OS+. The fourth-order valence-corrected chi connectivity index (χ4v) is 3.40.